The van der Waals surface area contributed by atoms with Crippen LogP contribution in [-0.2, 0) is 33.4 Å². The van der Waals surface area contributed by atoms with Crippen molar-refractivity contribution in [2.45, 2.75) is 57.5 Å². The Balaban J connectivity index is 2.09. The van der Waals surface area contributed by atoms with E-state index >= 15 is 0 Å². The van der Waals surface area contributed by atoms with Crippen molar-refractivity contribution in [3.63, 3.8) is 0 Å². The second-order valence-electron chi connectivity index (χ2n) is 7.63. The molecule has 0 bridgehead atoms. The Morgan fingerprint density at radius 3 is 2.27 bits per heavy atom. The maximum Gasteiger partial charge on any atom is 0.330 e. The van der Waals surface area contributed by atoms with Gasteiger partial charge in [-0.15, -0.1) is 0 Å². The Labute approximate surface area is 188 Å². The van der Waals surface area contributed by atoms with E-state index in [4.69, 9.17) is 14.2 Å². The van der Waals surface area contributed by atoms with Gasteiger partial charge in [0.2, 0.25) is 0 Å². The molecule has 0 amide bonds. The van der Waals surface area contributed by atoms with Gasteiger partial charge in [0.1, 0.15) is 38.1 Å². The van der Waals surface area contributed by atoms with E-state index in [9.17, 15) is 28.8 Å². The van der Waals surface area contributed by atoms with Crippen LogP contribution in [0.25, 0.3) is 0 Å². The van der Waals surface area contributed by atoms with Gasteiger partial charge in [0.25, 0.3) is 5.56 Å². The first kappa shape index (κ1) is 26.1. The minimum Gasteiger partial charge on any atom is -0.463 e. The maximum absolute atomic E-state index is 12.2. The third-order valence-corrected chi connectivity index (χ3v) is 5.10. The number of ether oxygens (including phenoxy) is 3. The first-order valence-corrected chi connectivity index (χ1v) is 10.6. The fourth-order valence-electron chi connectivity index (χ4n) is 3.15. The van der Waals surface area contributed by atoms with E-state index in [1.165, 1.54) is 17.7 Å². The Kier molecular flexibility index (Phi) is 9.63. The zero-order valence-electron chi connectivity index (χ0n) is 18.5. The summed E-state index contributed by atoms with van der Waals surface area (Å²) in [4.78, 5) is 72.9. The number of H-pyrrole nitrogens is 1. The molecule has 7 N–H and O–H groups in total. The lowest BCUT2D eigenvalue weighted by molar-refractivity contribution is -0.354. The van der Waals surface area contributed by atoms with Gasteiger partial charge in [-0.05, 0) is 6.92 Å². The average molecular weight is 470 g/mol. The Bertz CT molecular complexity index is 1000. The van der Waals surface area contributed by atoms with Crippen LogP contribution in [0.2, 0.25) is 0 Å². The molecule has 1 aliphatic rings. The van der Waals surface area contributed by atoms with Gasteiger partial charge in [-0.2, -0.15) is 0 Å². The summed E-state index contributed by atoms with van der Waals surface area (Å²) in [6, 6.07) is 0. The molecule has 33 heavy (non-hydrogen) atoms. The van der Waals surface area contributed by atoms with E-state index in [-0.39, 0.29) is 68.9 Å². The number of carbonyl (C=O) groups is 4. The molecule has 1 aromatic rings. The molecule has 1 saturated heterocycles. The summed E-state index contributed by atoms with van der Waals surface area (Å²) in [6.45, 7) is 1.38. The highest BCUT2D eigenvalue weighted by atomic mass is 16.6. The molecule has 2 heterocycles. The molecule has 1 aromatic heterocycles. The number of ketones is 2. The second-order valence-corrected chi connectivity index (χ2v) is 7.63. The van der Waals surface area contributed by atoms with Crippen molar-refractivity contribution < 1.29 is 44.9 Å². The molecule has 13 nitrogen and oxygen atoms in total. The predicted molar refractivity (Wildman–Crippen MR) is 109 cm³/mol. The molecule has 3 atom stereocenters. The predicted octanol–water partition coefficient (Wildman–Crippen LogP) is -3.23. The summed E-state index contributed by atoms with van der Waals surface area (Å²) < 4.78 is 17.6. The summed E-state index contributed by atoms with van der Waals surface area (Å²) >= 11 is 0. The van der Waals surface area contributed by atoms with Crippen LogP contribution in [0, 0.1) is 6.92 Å². The highest BCUT2D eigenvalue weighted by Crippen LogP contribution is 2.30. The molecule has 182 valence electrons. The number of Topliss-reactive ketones (excluding diaryl/α,β-unsaturated/α-hetero) is 2. The third kappa shape index (κ3) is 7.73. The monoisotopic (exact) mass is 470 g/mol. The first-order chi connectivity index (χ1) is 15.6. The fraction of sp³-hybridized carbons (Fsp3) is 0.600. The minimum atomic E-state index is -0.894. The number of hydrogen-bond donors (Lipinski definition) is 3. The lowest BCUT2D eigenvalue weighted by Crippen LogP contribution is -2.54. The Morgan fingerprint density at radius 2 is 1.67 bits per heavy atom. The summed E-state index contributed by atoms with van der Waals surface area (Å²) in [5.74, 6) is -1.65. The summed E-state index contributed by atoms with van der Waals surface area (Å²) in [6.07, 6.45) is -1.55. The highest BCUT2D eigenvalue weighted by molar-refractivity contribution is 5.84. The van der Waals surface area contributed by atoms with Crippen molar-refractivity contribution in [2.75, 3.05) is 19.7 Å². The van der Waals surface area contributed by atoms with Gasteiger partial charge in [0.05, 0.1) is 12.8 Å². The van der Waals surface area contributed by atoms with Crippen LogP contribution in [0.15, 0.2) is 15.8 Å². The van der Waals surface area contributed by atoms with Crippen molar-refractivity contribution in [1.29, 1.82) is 0 Å². The van der Waals surface area contributed by atoms with Gasteiger partial charge in [0.15, 0.2) is 11.6 Å². The number of rotatable bonds is 12. The lowest BCUT2D eigenvalue weighted by atomic mass is 10.1. The van der Waals surface area contributed by atoms with Gasteiger partial charge in [-0.25, -0.2) is 4.79 Å². The molecular weight excluding hydrogens is 440 g/mol. The van der Waals surface area contributed by atoms with E-state index in [0.717, 1.165) is 0 Å². The number of quaternary nitrogens is 2. The molecule has 2 rings (SSSR count). The smallest absolute Gasteiger partial charge is 0.330 e. The van der Waals surface area contributed by atoms with Gasteiger partial charge >= 0.3 is 17.6 Å². The normalized spacial score (nSPS) is 19.8. The molecule has 0 radical (unpaired) electrons. The number of hydrogen-bond acceptors (Lipinski definition) is 9. The van der Waals surface area contributed by atoms with Crippen LogP contribution in [-0.4, -0.2) is 65.0 Å². The van der Waals surface area contributed by atoms with Crippen molar-refractivity contribution in [2.24, 2.45) is 0 Å². The van der Waals surface area contributed by atoms with Crippen molar-refractivity contribution in [3.05, 3.63) is 32.6 Å². The van der Waals surface area contributed by atoms with E-state index < -0.39 is 41.6 Å². The Hall–Kier alpha value is -3.16. The molecule has 0 unspecified atom stereocenters. The number of aromatic nitrogens is 2. The quantitative estimate of drug-likeness (QED) is 0.262. The van der Waals surface area contributed by atoms with Gasteiger partial charge in [-0.1, -0.05) is 0 Å². The molecule has 0 aliphatic carbocycles. The lowest BCUT2D eigenvalue weighted by Gasteiger charge is -2.19. The minimum absolute atomic E-state index is 0.00125. The zero-order valence-corrected chi connectivity index (χ0v) is 18.5. The van der Waals surface area contributed by atoms with E-state index in [2.05, 4.69) is 16.5 Å². The van der Waals surface area contributed by atoms with Crippen LogP contribution in [0.4, 0.5) is 0 Å². The summed E-state index contributed by atoms with van der Waals surface area (Å²) in [5, 5.41) is 0. The largest absolute Gasteiger partial charge is 0.463 e. The van der Waals surface area contributed by atoms with Gasteiger partial charge in [0, 0.05) is 31.0 Å². The van der Waals surface area contributed by atoms with Crippen LogP contribution < -0.4 is 22.7 Å². The van der Waals surface area contributed by atoms with E-state index in [0.29, 0.717) is 0 Å². The molecule has 13 heteroatoms. The molecule has 1 aliphatic heterocycles. The first-order valence-electron chi connectivity index (χ1n) is 10.6. The topological polar surface area (TPSA) is 206 Å². The number of aromatic amines is 1. The van der Waals surface area contributed by atoms with E-state index in [1.54, 1.807) is 0 Å². The summed E-state index contributed by atoms with van der Waals surface area (Å²) in [7, 11) is 0. The average Bonchev–Trinajstić information content (AvgIpc) is 3.18. The van der Waals surface area contributed by atoms with Crippen molar-refractivity contribution in [1.82, 2.24) is 9.55 Å². The number of esters is 2. The fourth-order valence-corrected chi connectivity index (χ4v) is 3.15. The molecular formula is C20H30N4O9+2. The summed E-state index contributed by atoms with van der Waals surface area (Å²) in [5.41, 5.74) is 5.96. The second kappa shape index (κ2) is 12.2. The number of nitrogens with one attached hydrogen (secondary N) is 1. The third-order valence-electron chi connectivity index (χ3n) is 5.10. The van der Waals surface area contributed by atoms with Crippen LogP contribution in [0.3, 0.4) is 0 Å². The van der Waals surface area contributed by atoms with Crippen LogP contribution in [0.1, 0.15) is 43.9 Å². The van der Waals surface area contributed by atoms with Gasteiger partial charge in [-0.3, -0.25) is 33.5 Å². The Morgan fingerprint density at radius 1 is 1.06 bits per heavy atom. The van der Waals surface area contributed by atoms with Gasteiger partial charge < -0.3 is 25.7 Å². The maximum atomic E-state index is 12.2. The van der Waals surface area contributed by atoms with Crippen LogP contribution >= 0.6 is 0 Å². The number of carbonyl (C=O) groups excluding carboxylic acids is 4. The molecule has 0 saturated carbocycles. The number of aryl methyl sites for hydroxylation is 1. The number of nitrogens with zero attached hydrogens (tertiary/aromatic N) is 1. The highest BCUT2D eigenvalue weighted by Gasteiger charge is 2.40. The molecule has 0 aromatic carbocycles. The van der Waals surface area contributed by atoms with Crippen molar-refractivity contribution >= 4 is 23.5 Å². The standard InChI is InChI=1S/C20H28N4O9/c1-11-9-24(20(30)23-19(11)29)16-6-14(33-18(28)5-3-13(26)8-22)15(32-16)10-31-17(27)4-2-12(25)7-21/h9,14-16H,2-8,10,21-22H2,1H3,(H,23,29,30)/p+2/t14-,15-,16-/m1/s1. The molecule has 1 fully saturated rings. The van der Waals surface area contributed by atoms with Crippen molar-refractivity contribution in [3.8, 4) is 0 Å². The van der Waals surface area contributed by atoms with Crippen LogP contribution in [0.5, 0.6) is 0 Å². The molecule has 0 spiro atoms. The SMILES string of the molecule is Cc1cn([C@H]2C[C@@H](OC(=O)CCC(=O)C[NH3+])[C@@H](COC(=O)CCC(=O)C[NH3+])O2)c(=O)[nH]c1=O. The van der Waals surface area contributed by atoms with E-state index in [1.807, 2.05) is 0 Å². The zero-order chi connectivity index (χ0) is 24.5.